The van der Waals surface area contributed by atoms with Gasteiger partial charge in [0.15, 0.2) is 24.1 Å². The molecule has 0 radical (unpaired) electrons. The van der Waals surface area contributed by atoms with E-state index in [-0.39, 0.29) is 5.56 Å². The molecule has 1 amide bonds. The predicted octanol–water partition coefficient (Wildman–Crippen LogP) is -2.31. The summed E-state index contributed by atoms with van der Waals surface area (Å²) in [6.45, 7) is -0.645. The number of ether oxygens (including phenoxy) is 1. The number of rotatable bonds is 3. The van der Waals surface area contributed by atoms with Gasteiger partial charge in [0, 0.05) is 6.07 Å². The summed E-state index contributed by atoms with van der Waals surface area (Å²) in [6.07, 6.45) is 4.31. The molecule has 0 aromatic carbocycles. The number of carbonyl (C=O) groups is 1. The van der Waals surface area contributed by atoms with Gasteiger partial charge in [-0.1, -0.05) is 5.92 Å². The van der Waals surface area contributed by atoms with E-state index in [9.17, 15) is 20.1 Å². The number of terminal acetylenes is 1. The molecule has 7 heteroatoms. The number of amides is 1. The van der Waals surface area contributed by atoms with Crippen LogP contribution in [-0.4, -0.2) is 45.6 Å². The zero-order valence-electron chi connectivity index (χ0n) is 10.5. The monoisotopic (exact) mass is 279 g/mol. The molecule has 2 rings (SSSR count). The number of aliphatic hydroxyl groups is 3. The molecule has 0 saturated carbocycles. The van der Waals surface area contributed by atoms with Crippen molar-refractivity contribution in [1.29, 1.82) is 0 Å². The van der Waals surface area contributed by atoms with Crippen molar-refractivity contribution >= 4 is 5.91 Å². The number of aromatic nitrogens is 1. The number of nitrogens with zero attached hydrogens (tertiary/aromatic N) is 1. The average molecular weight is 279 g/mol. The molecule has 0 bridgehead atoms. The van der Waals surface area contributed by atoms with Gasteiger partial charge in [0.25, 0.3) is 12.1 Å². The minimum atomic E-state index is -1.68. The molecule has 106 valence electrons. The number of carbonyl (C=O) groups excluding carboxylic acids is 1. The lowest BCUT2D eigenvalue weighted by molar-refractivity contribution is -0.766. The third kappa shape index (κ3) is 2.15. The fourth-order valence-corrected chi connectivity index (χ4v) is 2.12. The Morgan fingerprint density at radius 2 is 2.30 bits per heavy atom. The number of primary amides is 1. The molecule has 7 nitrogen and oxygen atoms in total. The summed E-state index contributed by atoms with van der Waals surface area (Å²) in [4.78, 5) is 11.1. The molecule has 1 fully saturated rings. The first-order chi connectivity index (χ1) is 9.45. The van der Waals surface area contributed by atoms with E-state index in [4.69, 9.17) is 16.9 Å². The normalized spacial score (nSPS) is 32.8. The summed E-state index contributed by atoms with van der Waals surface area (Å²) in [5, 5.41) is 29.2. The number of hydrogen-bond acceptors (Lipinski definition) is 5. The van der Waals surface area contributed by atoms with Crippen molar-refractivity contribution in [1.82, 2.24) is 0 Å². The Balaban J connectivity index is 2.37. The lowest BCUT2D eigenvalue weighted by Crippen LogP contribution is -2.46. The largest absolute Gasteiger partial charge is 0.392 e. The van der Waals surface area contributed by atoms with E-state index in [2.05, 4.69) is 5.92 Å². The molecule has 1 saturated heterocycles. The maximum absolute atomic E-state index is 11.1. The van der Waals surface area contributed by atoms with Crippen molar-refractivity contribution in [3.05, 3.63) is 30.1 Å². The van der Waals surface area contributed by atoms with Crippen molar-refractivity contribution < 1.29 is 29.4 Å². The molecule has 1 aromatic heterocycles. The van der Waals surface area contributed by atoms with E-state index in [1.165, 1.54) is 29.1 Å². The molecule has 1 aliphatic rings. The maximum atomic E-state index is 11.1. The number of aliphatic hydroxyl groups excluding tert-OH is 3. The molecular weight excluding hydrogens is 264 g/mol. The van der Waals surface area contributed by atoms with Crippen LogP contribution in [0, 0.1) is 12.3 Å². The second kappa shape index (κ2) is 5.19. The van der Waals surface area contributed by atoms with Crippen molar-refractivity contribution in [3.8, 4) is 12.3 Å². The molecular formula is C13H15N2O5+. The van der Waals surface area contributed by atoms with E-state index in [0.29, 0.717) is 0 Å². The summed E-state index contributed by atoms with van der Waals surface area (Å²) in [6, 6.07) is 3.04. The Morgan fingerprint density at radius 3 is 2.80 bits per heavy atom. The Morgan fingerprint density at radius 1 is 1.60 bits per heavy atom. The Bertz CT molecular complexity index is 570. The maximum Gasteiger partial charge on any atom is 0.293 e. The van der Waals surface area contributed by atoms with E-state index >= 15 is 0 Å². The summed E-state index contributed by atoms with van der Waals surface area (Å²) in [5.74, 6) is 1.52. The van der Waals surface area contributed by atoms with Crippen LogP contribution >= 0.6 is 0 Å². The van der Waals surface area contributed by atoms with Crippen LogP contribution in [0.3, 0.4) is 0 Å². The van der Waals surface area contributed by atoms with Crippen LogP contribution in [0.15, 0.2) is 24.5 Å². The minimum Gasteiger partial charge on any atom is -0.392 e. The topological polar surface area (TPSA) is 117 Å². The molecule has 1 aromatic rings. The van der Waals surface area contributed by atoms with E-state index in [0.717, 1.165) is 0 Å². The standard InChI is InChI=1S/C13H14N2O5/c1-2-13(7-16)10(18)9(17)12(20-13)15-5-3-4-8(6-15)11(14)19/h1,3-6,9-10,12,16-18H,7H2,(H-,14,19)/p+1/t9-,10+,12-,13-/m1/s1. The highest BCUT2D eigenvalue weighted by molar-refractivity contribution is 5.92. The van der Waals surface area contributed by atoms with Gasteiger partial charge in [0.05, 0.1) is 6.61 Å². The molecule has 0 unspecified atom stereocenters. The highest BCUT2D eigenvalue weighted by Crippen LogP contribution is 2.33. The van der Waals surface area contributed by atoms with Gasteiger partial charge in [0.2, 0.25) is 0 Å². The van der Waals surface area contributed by atoms with Crippen molar-refractivity contribution in [2.75, 3.05) is 6.61 Å². The zero-order valence-corrected chi connectivity index (χ0v) is 10.5. The van der Waals surface area contributed by atoms with Gasteiger partial charge in [-0.3, -0.25) is 9.53 Å². The van der Waals surface area contributed by atoms with Crippen molar-refractivity contribution in [2.24, 2.45) is 5.73 Å². The third-order valence-corrected chi connectivity index (χ3v) is 3.30. The fraction of sp³-hybridized carbons (Fsp3) is 0.385. The van der Waals surface area contributed by atoms with E-state index < -0.39 is 36.6 Å². The first-order valence-corrected chi connectivity index (χ1v) is 5.88. The van der Waals surface area contributed by atoms with Crippen LogP contribution in [0.4, 0.5) is 0 Å². The number of hydrogen-bond donors (Lipinski definition) is 4. The van der Waals surface area contributed by atoms with Gasteiger partial charge < -0.3 is 21.1 Å². The smallest absolute Gasteiger partial charge is 0.293 e. The number of nitrogens with two attached hydrogens (primary N) is 1. The zero-order chi connectivity index (χ0) is 14.9. The third-order valence-electron chi connectivity index (χ3n) is 3.30. The van der Waals surface area contributed by atoms with E-state index in [1.54, 1.807) is 0 Å². The van der Waals surface area contributed by atoms with Gasteiger partial charge >= 0.3 is 0 Å². The van der Waals surface area contributed by atoms with Gasteiger partial charge in [-0.15, -0.1) is 6.42 Å². The van der Waals surface area contributed by atoms with Gasteiger partial charge in [-0.25, -0.2) is 0 Å². The van der Waals surface area contributed by atoms with Gasteiger partial charge in [-0.05, 0) is 6.07 Å². The Kier molecular flexibility index (Phi) is 3.74. The van der Waals surface area contributed by atoms with Crippen LogP contribution < -0.4 is 10.3 Å². The number of pyridine rings is 1. The Hall–Kier alpha value is -1.98. The molecule has 2 heterocycles. The van der Waals surface area contributed by atoms with Crippen LogP contribution in [0.1, 0.15) is 16.6 Å². The lowest BCUT2D eigenvalue weighted by Gasteiger charge is -2.22. The first kappa shape index (κ1) is 14.4. The second-order valence-electron chi connectivity index (χ2n) is 4.54. The van der Waals surface area contributed by atoms with Gasteiger partial charge in [-0.2, -0.15) is 4.57 Å². The SMILES string of the molecule is C#C[C@]1(CO)O[C@@H]([n+]2cccc(C(N)=O)c2)[C@H](O)[C@@H]1O. The van der Waals surface area contributed by atoms with Crippen LogP contribution in [-0.2, 0) is 4.74 Å². The molecule has 5 N–H and O–H groups in total. The first-order valence-electron chi connectivity index (χ1n) is 5.88. The van der Waals surface area contributed by atoms with Crippen LogP contribution in [0.5, 0.6) is 0 Å². The molecule has 0 aliphatic carbocycles. The van der Waals surface area contributed by atoms with Crippen LogP contribution in [0.2, 0.25) is 0 Å². The Labute approximate surface area is 115 Å². The molecule has 4 atom stereocenters. The molecule has 0 spiro atoms. The highest BCUT2D eigenvalue weighted by atomic mass is 16.6. The second-order valence-corrected chi connectivity index (χ2v) is 4.54. The van der Waals surface area contributed by atoms with Crippen LogP contribution in [0.25, 0.3) is 0 Å². The minimum absolute atomic E-state index is 0.208. The van der Waals surface area contributed by atoms with Crippen molar-refractivity contribution in [3.63, 3.8) is 0 Å². The predicted molar refractivity (Wildman–Crippen MR) is 65.9 cm³/mol. The summed E-state index contributed by atoms with van der Waals surface area (Å²) in [5.41, 5.74) is 3.70. The molecule has 1 aliphatic heterocycles. The van der Waals surface area contributed by atoms with Gasteiger partial charge in [0.1, 0.15) is 11.7 Å². The average Bonchev–Trinajstić information content (AvgIpc) is 2.72. The van der Waals surface area contributed by atoms with E-state index in [1.807, 2.05) is 0 Å². The molecule has 20 heavy (non-hydrogen) atoms. The summed E-state index contributed by atoms with van der Waals surface area (Å²) in [7, 11) is 0. The summed E-state index contributed by atoms with van der Waals surface area (Å²) >= 11 is 0. The fourth-order valence-electron chi connectivity index (χ4n) is 2.12. The van der Waals surface area contributed by atoms with Crippen molar-refractivity contribution in [2.45, 2.75) is 24.0 Å². The quantitative estimate of drug-likeness (QED) is 0.366. The summed E-state index contributed by atoms with van der Waals surface area (Å²) < 4.78 is 6.78. The lowest BCUT2D eigenvalue weighted by atomic mass is 9.97. The highest BCUT2D eigenvalue weighted by Gasteiger charge is 2.57.